The number of nitrogens with two attached hydrogens (primary N) is 1. The van der Waals surface area contributed by atoms with E-state index in [2.05, 4.69) is 15.3 Å². The Bertz CT molecular complexity index is 1690. The van der Waals surface area contributed by atoms with Crippen molar-refractivity contribution in [2.24, 2.45) is 0 Å². The SMILES string of the molecule is C[C@@H](Nc1nc(N)ncc1C#N)c1nc2cccc(-c3cccc(F)c3)c2c(=O)n1-c1ccccc1. The highest BCUT2D eigenvalue weighted by atomic mass is 19.1. The molecule has 3 N–H and O–H groups in total. The maximum Gasteiger partial charge on any atom is 0.266 e. The Morgan fingerprint density at radius 2 is 1.83 bits per heavy atom. The van der Waals surface area contributed by atoms with Gasteiger partial charge in [-0.05, 0) is 48.4 Å². The molecule has 0 unspecified atom stereocenters. The minimum Gasteiger partial charge on any atom is -0.368 e. The highest BCUT2D eigenvalue weighted by Gasteiger charge is 2.21. The monoisotopic (exact) mass is 477 g/mol. The molecule has 36 heavy (non-hydrogen) atoms. The zero-order valence-electron chi connectivity index (χ0n) is 19.2. The first-order valence-electron chi connectivity index (χ1n) is 11.1. The van der Waals surface area contributed by atoms with Crippen molar-refractivity contribution < 1.29 is 4.39 Å². The van der Waals surface area contributed by atoms with Gasteiger partial charge in [0.1, 0.15) is 29.1 Å². The maximum absolute atomic E-state index is 14.1. The van der Waals surface area contributed by atoms with Crippen molar-refractivity contribution in [1.82, 2.24) is 19.5 Å². The van der Waals surface area contributed by atoms with Gasteiger partial charge in [-0.15, -0.1) is 0 Å². The van der Waals surface area contributed by atoms with Crippen molar-refractivity contribution in [2.45, 2.75) is 13.0 Å². The second-order valence-electron chi connectivity index (χ2n) is 8.12. The third kappa shape index (κ3) is 4.12. The molecule has 9 heteroatoms. The molecule has 0 saturated heterocycles. The van der Waals surface area contributed by atoms with E-state index < -0.39 is 11.9 Å². The Morgan fingerprint density at radius 1 is 1.06 bits per heavy atom. The predicted octanol–water partition coefficient (Wildman–Crippen LogP) is 4.61. The molecule has 0 aliphatic rings. The van der Waals surface area contributed by atoms with Gasteiger partial charge < -0.3 is 11.1 Å². The van der Waals surface area contributed by atoms with Crippen molar-refractivity contribution in [1.29, 1.82) is 5.26 Å². The van der Waals surface area contributed by atoms with Gasteiger partial charge in [0.25, 0.3) is 5.56 Å². The normalized spacial score (nSPS) is 11.7. The summed E-state index contributed by atoms with van der Waals surface area (Å²) >= 11 is 0. The van der Waals surface area contributed by atoms with Crippen molar-refractivity contribution in [3.05, 3.63) is 107 Å². The molecule has 2 aromatic heterocycles. The molecule has 5 aromatic rings. The molecule has 176 valence electrons. The summed E-state index contributed by atoms with van der Waals surface area (Å²) in [4.78, 5) is 26.9. The molecular weight excluding hydrogens is 457 g/mol. The second-order valence-corrected chi connectivity index (χ2v) is 8.12. The summed E-state index contributed by atoms with van der Waals surface area (Å²) < 4.78 is 15.5. The summed E-state index contributed by atoms with van der Waals surface area (Å²) in [5.41, 5.74) is 7.85. The van der Waals surface area contributed by atoms with Crippen LogP contribution in [0.15, 0.2) is 83.8 Å². The molecule has 8 nitrogen and oxygen atoms in total. The van der Waals surface area contributed by atoms with Gasteiger partial charge in [0.2, 0.25) is 5.95 Å². The standard InChI is InChI=1S/C27H20FN7O/c1-16(32-24-18(14-29)15-31-27(30)34-24)25-33-22-12-6-11-21(17-7-5-8-19(28)13-17)23(22)26(36)35(25)20-9-3-2-4-10-20/h2-13,15-16H,1H3,(H3,30,31,32,34)/t16-/m1/s1. The molecular formula is C27H20FN7O. The second kappa shape index (κ2) is 9.27. The van der Waals surface area contributed by atoms with E-state index in [1.165, 1.54) is 22.9 Å². The molecule has 0 amide bonds. The Labute approximate surface area is 205 Å². The van der Waals surface area contributed by atoms with Crippen molar-refractivity contribution in [3.63, 3.8) is 0 Å². The van der Waals surface area contributed by atoms with Crippen LogP contribution >= 0.6 is 0 Å². The fourth-order valence-corrected chi connectivity index (χ4v) is 4.12. The van der Waals surface area contributed by atoms with Crippen LogP contribution in [-0.4, -0.2) is 19.5 Å². The highest BCUT2D eigenvalue weighted by molar-refractivity contribution is 5.94. The lowest BCUT2D eigenvalue weighted by atomic mass is 10.0. The summed E-state index contributed by atoms with van der Waals surface area (Å²) in [6.45, 7) is 1.81. The van der Waals surface area contributed by atoms with E-state index in [-0.39, 0.29) is 22.9 Å². The van der Waals surface area contributed by atoms with Gasteiger partial charge in [-0.2, -0.15) is 10.2 Å². The first-order chi connectivity index (χ1) is 17.5. The molecule has 0 bridgehead atoms. The van der Waals surface area contributed by atoms with E-state index in [4.69, 9.17) is 10.7 Å². The number of nitrogens with zero attached hydrogens (tertiary/aromatic N) is 5. The highest BCUT2D eigenvalue weighted by Crippen LogP contribution is 2.29. The number of para-hydroxylation sites is 1. The fourth-order valence-electron chi connectivity index (χ4n) is 4.12. The molecule has 5 rings (SSSR count). The van der Waals surface area contributed by atoms with E-state index in [0.29, 0.717) is 33.5 Å². The number of hydrogen-bond donors (Lipinski definition) is 2. The van der Waals surface area contributed by atoms with E-state index in [1.54, 1.807) is 42.5 Å². The third-order valence-corrected chi connectivity index (χ3v) is 5.74. The van der Waals surface area contributed by atoms with E-state index in [1.807, 2.05) is 31.2 Å². The van der Waals surface area contributed by atoms with Crippen LogP contribution in [0, 0.1) is 17.1 Å². The number of hydrogen-bond acceptors (Lipinski definition) is 7. The molecule has 1 atom stereocenters. The largest absolute Gasteiger partial charge is 0.368 e. The number of anilines is 2. The van der Waals surface area contributed by atoms with Gasteiger partial charge >= 0.3 is 0 Å². The van der Waals surface area contributed by atoms with Crippen LogP contribution in [0.3, 0.4) is 0 Å². The first-order valence-corrected chi connectivity index (χ1v) is 11.1. The molecule has 0 saturated carbocycles. The molecule has 0 spiro atoms. The Kier molecular flexibility index (Phi) is 5.84. The van der Waals surface area contributed by atoms with E-state index in [0.717, 1.165) is 0 Å². The van der Waals surface area contributed by atoms with Crippen LogP contribution in [0.5, 0.6) is 0 Å². The van der Waals surface area contributed by atoms with Gasteiger partial charge in [-0.3, -0.25) is 9.36 Å². The summed E-state index contributed by atoms with van der Waals surface area (Å²) in [5, 5.41) is 13.0. The third-order valence-electron chi connectivity index (χ3n) is 5.74. The van der Waals surface area contributed by atoms with Gasteiger partial charge in [-0.1, -0.05) is 42.5 Å². The first kappa shape index (κ1) is 22.7. The zero-order valence-corrected chi connectivity index (χ0v) is 19.2. The quantitative estimate of drug-likeness (QED) is 0.379. The maximum atomic E-state index is 14.1. The topological polar surface area (TPSA) is 123 Å². The van der Waals surface area contributed by atoms with Crippen LogP contribution in [0.2, 0.25) is 0 Å². The molecule has 3 aromatic carbocycles. The van der Waals surface area contributed by atoms with E-state index in [9.17, 15) is 14.4 Å². The van der Waals surface area contributed by atoms with Crippen molar-refractivity contribution in [3.8, 4) is 22.9 Å². The lowest BCUT2D eigenvalue weighted by Crippen LogP contribution is -2.28. The van der Waals surface area contributed by atoms with Gasteiger partial charge in [0.05, 0.1) is 28.8 Å². The molecule has 0 fully saturated rings. The number of nitrogens with one attached hydrogen (secondary N) is 1. The van der Waals surface area contributed by atoms with Gasteiger partial charge in [0.15, 0.2) is 0 Å². The molecule has 2 heterocycles. The van der Waals surface area contributed by atoms with Crippen molar-refractivity contribution in [2.75, 3.05) is 11.1 Å². The summed E-state index contributed by atoms with van der Waals surface area (Å²) in [6, 6.07) is 22.0. The fraction of sp³-hybridized carbons (Fsp3) is 0.0741. The average molecular weight is 478 g/mol. The minimum absolute atomic E-state index is 0.00959. The lowest BCUT2D eigenvalue weighted by molar-refractivity contribution is 0.628. The van der Waals surface area contributed by atoms with Crippen LogP contribution < -0.4 is 16.6 Å². The number of aromatic nitrogens is 4. The van der Waals surface area contributed by atoms with Crippen LogP contribution in [0.1, 0.15) is 24.4 Å². The average Bonchev–Trinajstić information content (AvgIpc) is 2.89. The smallest absolute Gasteiger partial charge is 0.266 e. The summed E-state index contributed by atoms with van der Waals surface area (Å²) in [5.74, 6) is 0.249. The van der Waals surface area contributed by atoms with Crippen LogP contribution in [0.25, 0.3) is 27.7 Å². The number of halogens is 1. The van der Waals surface area contributed by atoms with E-state index >= 15 is 0 Å². The summed E-state index contributed by atoms with van der Waals surface area (Å²) in [6.07, 6.45) is 1.33. The van der Waals surface area contributed by atoms with Crippen molar-refractivity contribution >= 4 is 22.7 Å². The Morgan fingerprint density at radius 3 is 2.58 bits per heavy atom. The molecule has 0 aliphatic carbocycles. The predicted molar refractivity (Wildman–Crippen MR) is 136 cm³/mol. The molecule has 0 aliphatic heterocycles. The van der Waals surface area contributed by atoms with Gasteiger partial charge in [0, 0.05) is 0 Å². The number of fused-ring (bicyclic) bond motifs is 1. The lowest BCUT2D eigenvalue weighted by Gasteiger charge is -2.21. The number of nitriles is 1. The van der Waals surface area contributed by atoms with Crippen LogP contribution in [0.4, 0.5) is 16.2 Å². The van der Waals surface area contributed by atoms with Crippen LogP contribution in [-0.2, 0) is 0 Å². The molecule has 0 radical (unpaired) electrons. The minimum atomic E-state index is -0.554. The zero-order chi connectivity index (χ0) is 25.2. The number of nitrogen functional groups attached to an aromatic ring is 1. The Hall–Kier alpha value is -5.10. The number of rotatable bonds is 5. The number of benzene rings is 3. The summed E-state index contributed by atoms with van der Waals surface area (Å²) in [7, 11) is 0. The van der Waals surface area contributed by atoms with Gasteiger partial charge in [-0.25, -0.2) is 14.4 Å². The Balaban J connectivity index is 1.75.